The minimum absolute atomic E-state index is 0.253. The first kappa shape index (κ1) is 13.8. The van der Waals surface area contributed by atoms with Gasteiger partial charge in [-0.1, -0.05) is 18.2 Å². The van der Waals surface area contributed by atoms with Gasteiger partial charge in [0.1, 0.15) is 0 Å². The molecule has 0 bridgehead atoms. The number of aromatic nitrogens is 2. The third-order valence-corrected chi connectivity index (χ3v) is 4.01. The van der Waals surface area contributed by atoms with Crippen molar-refractivity contribution in [2.24, 2.45) is 5.73 Å². The number of hydrogen-bond donors (Lipinski definition) is 1. The van der Waals surface area contributed by atoms with Gasteiger partial charge in [0.05, 0.1) is 6.54 Å². The normalized spacial score (nSPS) is 13.4. The van der Waals surface area contributed by atoms with E-state index in [9.17, 15) is 9.59 Å². The summed E-state index contributed by atoms with van der Waals surface area (Å²) in [6, 6.07) is 7.81. The van der Waals surface area contributed by atoms with Crippen molar-refractivity contribution in [3.05, 3.63) is 68.0 Å². The molecule has 2 aromatic rings. The quantitative estimate of drug-likeness (QED) is 0.889. The maximum absolute atomic E-state index is 12.3. The Bertz CT molecular complexity index is 774. The minimum atomic E-state index is -0.298. The van der Waals surface area contributed by atoms with E-state index in [0.29, 0.717) is 6.54 Å². The molecule has 0 atom stereocenters. The molecular weight excluding hydrogens is 266 g/mol. The van der Waals surface area contributed by atoms with Crippen LogP contribution in [0.3, 0.4) is 0 Å². The Morgan fingerprint density at radius 3 is 2.71 bits per heavy atom. The van der Waals surface area contributed by atoms with Gasteiger partial charge < -0.3 is 5.73 Å². The Hall–Kier alpha value is -2.14. The second-order valence-corrected chi connectivity index (χ2v) is 5.46. The Balaban J connectivity index is 1.93. The van der Waals surface area contributed by atoms with Gasteiger partial charge in [0.2, 0.25) is 0 Å². The molecule has 0 fully saturated rings. The van der Waals surface area contributed by atoms with E-state index in [1.165, 1.54) is 28.2 Å². The van der Waals surface area contributed by atoms with Gasteiger partial charge in [0.15, 0.2) is 0 Å². The number of nitrogens with zero attached hydrogens (tertiary/aromatic N) is 2. The SMILES string of the molecule is NCCn1c(=O)ccn(Cc2ccc3c(c2)CCC3)c1=O. The minimum Gasteiger partial charge on any atom is -0.329 e. The molecule has 0 saturated heterocycles. The van der Waals surface area contributed by atoms with E-state index in [1.807, 2.05) is 0 Å². The molecule has 0 unspecified atom stereocenters. The third kappa shape index (κ3) is 2.69. The van der Waals surface area contributed by atoms with Crippen LogP contribution < -0.4 is 17.0 Å². The summed E-state index contributed by atoms with van der Waals surface area (Å²) in [5, 5.41) is 0. The Kier molecular flexibility index (Phi) is 3.75. The van der Waals surface area contributed by atoms with Gasteiger partial charge in [0, 0.05) is 25.4 Å². The monoisotopic (exact) mass is 285 g/mol. The van der Waals surface area contributed by atoms with Gasteiger partial charge >= 0.3 is 5.69 Å². The molecule has 1 aliphatic carbocycles. The highest BCUT2D eigenvalue weighted by Crippen LogP contribution is 2.22. The summed E-state index contributed by atoms with van der Waals surface area (Å²) in [4.78, 5) is 24.0. The first-order chi connectivity index (χ1) is 10.2. The van der Waals surface area contributed by atoms with E-state index in [-0.39, 0.29) is 24.3 Å². The molecule has 110 valence electrons. The highest BCUT2D eigenvalue weighted by atomic mass is 16.2. The largest absolute Gasteiger partial charge is 0.331 e. The van der Waals surface area contributed by atoms with Crippen molar-refractivity contribution in [2.75, 3.05) is 6.54 Å². The highest BCUT2D eigenvalue weighted by Gasteiger charge is 2.11. The molecule has 0 radical (unpaired) electrons. The van der Waals surface area contributed by atoms with Crippen molar-refractivity contribution < 1.29 is 0 Å². The molecule has 3 rings (SSSR count). The second kappa shape index (κ2) is 5.69. The molecule has 1 aliphatic rings. The van der Waals surface area contributed by atoms with Crippen molar-refractivity contribution in [1.82, 2.24) is 9.13 Å². The Labute approximate surface area is 122 Å². The van der Waals surface area contributed by atoms with E-state index in [1.54, 1.807) is 10.8 Å². The molecule has 0 spiro atoms. The van der Waals surface area contributed by atoms with Crippen LogP contribution in [0.25, 0.3) is 0 Å². The highest BCUT2D eigenvalue weighted by molar-refractivity contribution is 5.35. The fourth-order valence-electron chi connectivity index (χ4n) is 2.93. The van der Waals surface area contributed by atoms with Gasteiger partial charge in [-0.15, -0.1) is 0 Å². The van der Waals surface area contributed by atoms with Crippen LogP contribution in [0.15, 0.2) is 40.1 Å². The summed E-state index contributed by atoms with van der Waals surface area (Å²) >= 11 is 0. The van der Waals surface area contributed by atoms with Crippen LogP contribution in [0, 0.1) is 0 Å². The number of benzene rings is 1. The number of fused-ring (bicyclic) bond motifs is 1. The lowest BCUT2D eigenvalue weighted by atomic mass is 10.1. The number of aryl methyl sites for hydroxylation is 2. The van der Waals surface area contributed by atoms with Crippen LogP contribution in [0.1, 0.15) is 23.1 Å². The maximum atomic E-state index is 12.3. The molecule has 5 heteroatoms. The van der Waals surface area contributed by atoms with E-state index in [0.717, 1.165) is 18.4 Å². The van der Waals surface area contributed by atoms with Crippen molar-refractivity contribution in [3.8, 4) is 0 Å². The molecule has 1 heterocycles. The van der Waals surface area contributed by atoms with Gasteiger partial charge in [-0.3, -0.25) is 13.9 Å². The van der Waals surface area contributed by atoms with Crippen LogP contribution in [-0.2, 0) is 25.9 Å². The van der Waals surface area contributed by atoms with Crippen LogP contribution in [-0.4, -0.2) is 15.7 Å². The average Bonchev–Trinajstić information content (AvgIpc) is 2.94. The summed E-state index contributed by atoms with van der Waals surface area (Å²) in [7, 11) is 0. The summed E-state index contributed by atoms with van der Waals surface area (Å²) in [5.74, 6) is 0. The zero-order chi connectivity index (χ0) is 14.8. The van der Waals surface area contributed by atoms with Gasteiger partial charge in [-0.2, -0.15) is 0 Å². The molecule has 0 amide bonds. The van der Waals surface area contributed by atoms with Gasteiger partial charge in [0.25, 0.3) is 5.56 Å². The predicted molar refractivity (Wildman–Crippen MR) is 81.6 cm³/mol. The lowest BCUT2D eigenvalue weighted by Crippen LogP contribution is -2.40. The summed E-state index contributed by atoms with van der Waals surface area (Å²) in [6.07, 6.45) is 5.03. The van der Waals surface area contributed by atoms with E-state index in [2.05, 4.69) is 18.2 Å². The number of nitrogens with two attached hydrogens (primary N) is 1. The molecule has 0 saturated carbocycles. The van der Waals surface area contributed by atoms with Crippen LogP contribution in [0.4, 0.5) is 0 Å². The first-order valence-corrected chi connectivity index (χ1v) is 7.30. The summed E-state index contributed by atoms with van der Waals surface area (Å²) in [6.45, 7) is 1.01. The van der Waals surface area contributed by atoms with Crippen LogP contribution in [0.2, 0.25) is 0 Å². The third-order valence-electron chi connectivity index (χ3n) is 4.01. The van der Waals surface area contributed by atoms with Crippen molar-refractivity contribution >= 4 is 0 Å². The molecule has 21 heavy (non-hydrogen) atoms. The Morgan fingerprint density at radius 1 is 1.10 bits per heavy atom. The first-order valence-electron chi connectivity index (χ1n) is 7.30. The Morgan fingerprint density at radius 2 is 1.90 bits per heavy atom. The van der Waals surface area contributed by atoms with Crippen LogP contribution in [0.5, 0.6) is 0 Å². The fraction of sp³-hybridized carbons (Fsp3) is 0.375. The predicted octanol–water partition coefficient (Wildman–Crippen LogP) is 0.506. The lowest BCUT2D eigenvalue weighted by molar-refractivity contribution is 0.579. The standard InChI is InChI=1S/C16H19N3O2/c17-7-9-19-15(20)6-8-18(16(19)21)11-12-4-5-13-2-1-3-14(13)10-12/h4-6,8,10H,1-3,7,9,11,17H2. The molecule has 2 N–H and O–H groups in total. The maximum Gasteiger partial charge on any atom is 0.331 e. The average molecular weight is 285 g/mol. The van der Waals surface area contributed by atoms with Gasteiger partial charge in [-0.25, -0.2) is 4.79 Å². The smallest absolute Gasteiger partial charge is 0.329 e. The van der Waals surface area contributed by atoms with Gasteiger partial charge in [-0.05, 0) is 36.0 Å². The van der Waals surface area contributed by atoms with Crippen molar-refractivity contribution in [2.45, 2.75) is 32.4 Å². The van der Waals surface area contributed by atoms with Crippen LogP contribution >= 0.6 is 0 Å². The lowest BCUT2D eigenvalue weighted by Gasteiger charge is -2.10. The van der Waals surface area contributed by atoms with E-state index in [4.69, 9.17) is 5.73 Å². The zero-order valence-electron chi connectivity index (χ0n) is 11.9. The molecular formula is C16H19N3O2. The molecule has 1 aromatic carbocycles. The van der Waals surface area contributed by atoms with E-state index < -0.39 is 0 Å². The van der Waals surface area contributed by atoms with Crippen molar-refractivity contribution in [1.29, 1.82) is 0 Å². The number of rotatable bonds is 4. The molecule has 0 aliphatic heterocycles. The summed E-state index contributed by atoms with van der Waals surface area (Å²) in [5.41, 5.74) is 8.76. The van der Waals surface area contributed by atoms with Crippen molar-refractivity contribution in [3.63, 3.8) is 0 Å². The van der Waals surface area contributed by atoms with E-state index >= 15 is 0 Å². The fourth-order valence-corrected chi connectivity index (χ4v) is 2.93. The molecule has 1 aromatic heterocycles. The zero-order valence-corrected chi connectivity index (χ0v) is 11.9. The topological polar surface area (TPSA) is 70.0 Å². The summed E-state index contributed by atoms with van der Waals surface area (Å²) < 4.78 is 2.75. The molecule has 5 nitrogen and oxygen atoms in total. The second-order valence-electron chi connectivity index (χ2n) is 5.46. The number of hydrogen-bond acceptors (Lipinski definition) is 3.